The largest absolute Gasteiger partial charge is 0.394 e. The number of aliphatic hydroxyl groups excluding tert-OH is 19. The van der Waals surface area contributed by atoms with Crippen molar-refractivity contribution in [1.82, 2.24) is 5.32 Å². The van der Waals surface area contributed by atoms with E-state index in [1.165, 1.54) is 23.7 Å². The molecule has 20 N–H and O–H groups in total. The highest BCUT2D eigenvalue weighted by Gasteiger charge is 2.60. The lowest BCUT2D eigenvalue weighted by molar-refractivity contribution is -0.396. The van der Waals surface area contributed by atoms with Gasteiger partial charge >= 0.3 is 0 Å². The predicted molar refractivity (Wildman–Crippen MR) is 333 cm³/mol. The highest BCUT2D eigenvalue weighted by Crippen LogP contribution is 2.42. The van der Waals surface area contributed by atoms with E-state index in [1.807, 2.05) is 6.92 Å². The van der Waals surface area contributed by atoms with Crippen LogP contribution < -0.4 is 5.32 Å². The van der Waals surface area contributed by atoms with Crippen LogP contribution in [0.5, 0.6) is 0 Å². The zero-order chi connectivity index (χ0) is 72.0. The lowest BCUT2D eigenvalue weighted by Gasteiger charge is -2.50. The van der Waals surface area contributed by atoms with Gasteiger partial charge in [-0.25, -0.2) is 0 Å². The first-order valence-corrected chi connectivity index (χ1v) is 33.5. The van der Waals surface area contributed by atoms with E-state index in [9.17, 15) is 97.0 Å². The summed E-state index contributed by atoms with van der Waals surface area (Å²) in [7, 11) is 1.45. The van der Waals surface area contributed by atoms with Crippen LogP contribution in [0.3, 0.4) is 0 Å². The molecule has 21 fully saturated rings. The summed E-state index contributed by atoms with van der Waals surface area (Å²) in [4.78, 5) is 0. The van der Waals surface area contributed by atoms with E-state index < -0.39 is 248 Å². The zero-order valence-corrected chi connectivity index (χ0v) is 54.9. The van der Waals surface area contributed by atoms with Gasteiger partial charge in [0.25, 0.3) is 0 Å². The van der Waals surface area contributed by atoms with Gasteiger partial charge in [-0.3, -0.25) is 0 Å². The molecule has 3 aromatic rings. The van der Waals surface area contributed by atoms with Crippen molar-refractivity contribution in [3.05, 3.63) is 108 Å². The maximum Gasteiger partial charge on any atom is 0.187 e. The van der Waals surface area contributed by atoms with Gasteiger partial charge in [-0.1, -0.05) is 111 Å². The summed E-state index contributed by atoms with van der Waals surface area (Å²) in [5.74, 6) is 0. The van der Waals surface area contributed by atoms with Crippen molar-refractivity contribution >= 4 is 0 Å². The molecule has 34 heteroatoms. The third-order valence-electron chi connectivity index (χ3n) is 19.7. The van der Waals surface area contributed by atoms with E-state index in [-0.39, 0.29) is 18.4 Å². The molecule has 0 aromatic heterocycles. The van der Waals surface area contributed by atoms with Crippen LogP contribution in [0, 0.1) is 0 Å². The van der Waals surface area contributed by atoms with Crippen molar-refractivity contribution in [1.29, 1.82) is 0 Å². The molecule has 0 radical (unpaired) electrons. The Morgan fingerprint density at radius 3 is 0.700 bits per heavy atom. The molecule has 35 atom stereocenters. The van der Waals surface area contributed by atoms with E-state index in [0.29, 0.717) is 12.8 Å². The van der Waals surface area contributed by atoms with Gasteiger partial charge in [0.15, 0.2) is 44.0 Å². The summed E-state index contributed by atoms with van der Waals surface area (Å²) >= 11 is 0. The molecule has 35 unspecified atom stereocenters. The molecule has 0 spiro atoms. The van der Waals surface area contributed by atoms with Gasteiger partial charge < -0.3 is 169 Å². The average Bonchev–Trinajstić information content (AvgIpc) is 0.783. The Morgan fingerprint density at radius 1 is 0.290 bits per heavy atom. The smallest absolute Gasteiger partial charge is 0.187 e. The van der Waals surface area contributed by atoms with Crippen molar-refractivity contribution in [2.45, 2.75) is 253 Å². The summed E-state index contributed by atoms with van der Waals surface area (Å²) in [6.45, 7) is -1.07. The molecular weight excluding hydrogens is 1330 g/mol. The molecule has 100 heavy (non-hydrogen) atoms. The zero-order valence-electron chi connectivity index (χ0n) is 54.9. The third kappa shape index (κ3) is 16.5. The fraction of sp³-hybridized carbons (Fsp3) is 0.727. The number of nitrogens with one attached hydrogen (secondary N) is 1. The maximum absolute atomic E-state index is 11.6. The van der Waals surface area contributed by atoms with E-state index in [4.69, 9.17) is 66.3 Å². The van der Waals surface area contributed by atoms with E-state index in [0.717, 1.165) is 0 Å². The van der Waals surface area contributed by atoms with Crippen LogP contribution in [0.25, 0.3) is 0 Å². The van der Waals surface area contributed by atoms with E-state index >= 15 is 0 Å². The second kappa shape index (κ2) is 35.1. The van der Waals surface area contributed by atoms with Gasteiger partial charge in [0, 0.05) is 12.0 Å². The lowest BCUT2D eigenvalue weighted by Crippen LogP contribution is -2.68. The number of hydrogen-bond acceptors (Lipinski definition) is 34. The van der Waals surface area contributed by atoms with Crippen LogP contribution in [0.2, 0.25) is 0 Å². The van der Waals surface area contributed by atoms with Crippen molar-refractivity contribution in [3.63, 3.8) is 0 Å². The first-order valence-electron chi connectivity index (χ1n) is 33.5. The number of unbranched alkanes of at least 4 members (excludes halogenated alkanes) is 1. The summed E-state index contributed by atoms with van der Waals surface area (Å²) in [6, 6.07) is 32.1. The van der Waals surface area contributed by atoms with Crippen LogP contribution in [-0.2, 0) is 71.7 Å². The fourth-order valence-corrected chi connectivity index (χ4v) is 13.9. The molecule has 21 heterocycles. The third-order valence-corrected chi connectivity index (χ3v) is 19.7. The topological polar surface area (TPSA) is 526 Å². The molecule has 24 rings (SSSR count). The first-order chi connectivity index (χ1) is 48.0. The number of rotatable bonds is 13. The second-order valence-electron chi connectivity index (χ2n) is 26.2. The van der Waals surface area contributed by atoms with Gasteiger partial charge in [0.2, 0.25) is 0 Å². The Bertz CT molecular complexity index is 2800. The quantitative estimate of drug-likeness (QED) is 0.0707. The summed E-state index contributed by atoms with van der Waals surface area (Å²) in [5, 5.41) is 215. The highest BCUT2D eigenvalue weighted by molar-refractivity contribution is 5.49. The Morgan fingerprint density at radius 2 is 0.490 bits per heavy atom. The average molecular weight is 1430 g/mol. The minimum atomic E-state index is -2.17. The van der Waals surface area contributed by atoms with Crippen LogP contribution >= 0.6 is 0 Å². The van der Waals surface area contributed by atoms with Gasteiger partial charge in [-0.15, -0.1) is 0 Å². The molecule has 0 amide bonds. The number of aliphatic hydroxyl groups is 19. The molecule has 21 saturated heterocycles. The molecule has 3 aromatic carbocycles. The van der Waals surface area contributed by atoms with Crippen LogP contribution in [0.1, 0.15) is 49.8 Å². The number of hydrogen-bond donors (Lipinski definition) is 20. The van der Waals surface area contributed by atoms with Gasteiger partial charge in [0.1, 0.15) is 165 Å². The Hall–Kier alpha value is -3.70. The molecule has 564 valence electrons. The van der Waals surface area contributed by atoms with E-state index in [2.05, 4.69) is 103 Å². The van der Waals surface area contributed by atoms with Crippen molar-refractivity contribution < 1.29 is 163 Å². The second-order valence-corrected chi connectivity index (χ2v) is 26.2. The molecule has 34 nitrogen and oxygen atoms in total. The van der Waals surface area contributed by atoms with Gasteiger partial charge in [-0.2, -0.15) is 0 Å². The summed E-state index contributed by atoms with van der Waals surface area (Å²) < 4.78 is 81.9. The molecule has 0 saturated carbocycles. The molecule has 21 aliphatic rings. The number of likely N-dealkylation sites (N-methyl/N-ethyl adjacent to an activating group) is 1. The first kappa shape index (κ1) is 78.9. The lowest BCUT2D eigenvalue weighted by atomic mass is 9.71. The van der Waals surface area contributed by atoms with Crippen molar-refractivity contribution in [2.75, 3.05) is 46.6 Å². The number of benzene rings is 3. The molecule has 21 aliphatic heterocycles. The molecule has 14 bridgehead atoms. The van der Waals surface area contributed by atoms with Crippen LogP contribution in [-0.4, -0.2) is 359 Å². The normalized spacial score (nSPS) is 45.2. The summed E-state index contributed by atoms with van der Waals surface area (Å²) in [5.41, 5.74) is 3.83. The molecular formula is C66H97NO33. The van der Waals surface area contributed by atoms with Crippen molar-refractivity contribution in [2.24, 2.45) is 0 Å². The SMILES string of the molecule is CC(c1ccccc1)(c1ccccc1)c1ccccc1.CCCCC1OC2OC3C(CO)OC(OC4C(CO)OC(OC5C(CO)OC(OC6C(CNC)OC(OC7C(CO)OC(OC8C(CO)OC(OC1C(O)C2O)C(O)C8O)C(O)C7O)C(O)C6O)C(O)C5O)C(O)C4O)C(O)C3O. The minimum Gasteiger partial charge on any atom is -0.394 e. The van der Waals surface area contributed by atoms with Gasteiger partial charge in [0.05, 0.1) is 39.1 Å². The van der Waals surface area contributed by atoms with Crippen molar-refractivity contribution in [3.8, 4) is 0 Å². The predicted octanol–water partition coefficient (Wildman–Crippen LogP) is -7.76. The highest BCUT2D eigenvalue weighted by atomic mass is 16.8. The standard InChI is InChI=1S/C46H79NO33.C20H18/c1-3-4-5-12-33-19(53)26(60)40(67-12)76-35-14(7-48)71-44(30(64)23(35)57)80-39-18(11-52)73-46(32(66)25(39)59)79-38-17(10-51)70-43(29(63)22(38)56)75-34-13(6-47-2)68-41(27(61)20(34)54)77-36-15(8-49)72-45(31(65)24(36)58)78-37-16(9-50)69-42(74-33)28(62)21(37)55;1-20(17-11-5-2-6-12-17,18-13-7-3-8-14-18)19-15-9-4-10-16-19/h12-66H,3-11H2,1-2H3;2-16H,1H3. The Labute approximate surface area is 574 Å². The van der Waals surface area contributed by atoms with Crippen LogP contribution in [0.15, 0.2) is 91.0 Å². The fourth-order valence-electron chi connectivity index (χ4n) is 13.9. The molecule has 0 aliphatic carbocycles. The summed E-state index contributed by atoms with van der Waals surface area (Å²) in [6.07, 6.45) is -65.5. The van der Waals surface area contributed by atoms with E-state index in [1.54, 1.807) is 0 Å². The van der Waals surface area contributed by atoms with Gasteiger partial charge in [-0.05, 0) is 37.1 Å². The van der Waals surface area contributed by atoms with Crippen LogP contribution in [0.4, 0.5) is 0 Å². The Kier molecular flexibility index (Phi) is 27.7. The number of ether oxygens (including phenoxy) is 14. The monoisotopic (exact) mass is 1430 g/mol. The minimum absolute atomic E-state index is 0.0554. The Balaban J connectivity index is 0.000000458. The maximum atomic E-state index is 11.6.